The number of carbonyl (C=O) groups excluding carboxylic acids is 1. The van der Waals surface area contributed by atoms with Gasteiger partial charge in [0.1, 0.15) is 0 Å². The van der Waals surface area contributed by atoms with Crippen LogP contribution in [0.2, 0.25) is 0 Å². The maximum Gasteiger partial charge on any atom is 0.223 e. The van der Waals surface area contributed by atoms with E-state index in [1.807, 2.05) is 16.7 Å². The maximum absolute atomic E-state index is 11.5. The first-order valence-corrected chi connectivity index (χ1v) is 5.71. The molecule has 0 aromatic heterocycles. The highest BCUT2D eigenvalue weighted by Gasteiger charge is 2.24. The molecule has 0 bridgehead atoms. The number of nitrogens with zero attached hydrogens (tertiary/aromatic N) is 1. The summed E-state index contributed by atoms with van der Waals surface area (Å²) in [4.78, 5) is 13.5. The average Bonchev–Trinajstić information content (AvgIpc) is 2.03. The fraction of sp³-hybridized carbons (Fsp3) is 0.889. The molecular formula is C9H18N2OS. The first-order chi connectivity index (χ1) is 6.13. The normalized spacial score (nSPS) is 29.0. The smallest absolute Gasteiger partial charge is 0.223 e. The Kier molecular flexibility index (Phi) is 4.06. The van der Waals surface area contributed by atoms with Crippen LogP contribution < -0.4 is 5.73 Å². The lowest BCUT2D eigenvalue weighted by atomic mass is 10.3. The number of thioether (sulfide) groups is 1. The zero-order chi connectivity index (χ0) is 9.84. The van der Waals surface area contributed by atoms with E-state index in [1.165, 1.54) is 0 Å². The standard InChI is InChI=1S/C9H18N2OS/c1-7-5-11(6-8(2)13-7)9(12)3-4-10/h7-8H,3-6,10H2,1-2H3. The fourth-order valence-electron chi connectivity index (χ4n) is 1.66. The van der Waals surface area contributed by atoms with Crippen LogP contribution in [0.5, 0.6) is 0 Å². The zero-order valence-electron chi connectivity index (χ0n) is 8.32. The second-order valence-electron chi connectivity index (χ2n) is 3.59. The van der Waals surface area contributed by atoms with E-state index in [0.717, 1.165) is 13.1 Å². The summed E-state index contributed by atoms with van der Waals surface area (Å²) in [5.74, 6) is 0.210. The van der Waals surface area contributed by atoms with E-state index in [-0.39, 0.29) is 5.91 Å². The van der Waals surface area contributed by atoms with Crippen molar-refractivity contribution in [2.45, 2.75) is 30.8 Å². The van der Waals surface area contributed by atoms with Crippen LogP contribution in [0.15, 0.2) is 0 Å². The Bertz CT molecular complexity index is 176. The molecule has 0 spiro atoms. The molecule has 0 aromatic rings. The van der Waals surface area contributed by atoms with Gasteiger partial charge in [0.25, 0.3) is 0 Å². The molecule has 1 amide bonds. The van der Waals surface area contributed by atoms with E-state index in [0.29, 0.717) is 23.5 Å². The Labute approximate surface area is 84.0 Å². The number of hydrogen-bond acceptors (Lipinski definition) is 3. The van der Waals surface area contributed by atoms with Crippen LogP contribution >= 0.6 is 11.8 Å². The fourth-order valence-corrected chi connectivity index (χ4v) is 2.99. The van der Waals surface area contributed by atoms with Gasteiger partial charge in [-0.3, -0.25) is 4.79 Å². The Hall–Kier alpha value is -0.220. The van der Waals surface area contributed by atoms with Gasteiger partial charge >= 0.3 is 0 Å². The summed E-state index contributed by atoms with van der Waals surface area (Å²) in [5, 5.41) is 1.12. The average molecular weight is 202 g/mol. The van der Waals surface area contributed by atoms with Gasteiger partial charge < -0.3 is 10.6 Å². The van der Waals surface area contributed by atoms with E-state index < -0.39 is 0 Å². The SMILES string of the molecule is CC1CN(C(=O)CCN)CC(C)S1. The number of carbonyl (C=O) groups is 1. The summed E-state index contributed by atoms with van der Waals surface area (Å²) < 4.78 is 0. The number of hydrogen-bond donors (Lipinski definition) is 1. The molecule has 2 atom stereocenters. The molecule has 1 aliphatic heterocycles. The van der Waals surface area contributed by atoms with Gasteiger partial charge in [0, 0.05) is 36.6 Å². The van der Waals surface area contributed by atoms with Crippen molar-refractivity contribution in [3.8, 4) is 0 Å². The van der Waals surface area contributed by atoms with Crippen LogP contribution in [0.4, 0.5) is 0 Å². The van der Waals surface area contributed by atoms with Crippen LogP contribution in [0, 0.1) is 0 Å². The number of nitrogens with two attached hydrogens (primary N) is 1. The van der Waals surface area contributed by atoms with E-state index in [9.17, 15) is 4.79 Å². The Morgan fingerprint density at radius 3 is 2.46 bits per heavy atom. The summed E-state index contributed by atoms with van der Waals surface area (Å²) in [6.07, 6.45) is 0.490. The molecule has 2 N–H and O–H groups in total. The van der Waals surface area contributed by atoms with Crippen molar-refractivity contribution in [2.75, 3.05) is 19.6 Å². The summed E-state index contributed by atoms with van der Waals surface area (Å²) in [5.41, 5.74) is 5.35. The number of rotatable bonds is 2. The minimum atomic E-state index is 0.210. The highest BCUT2D eigenvalue weighted by molar-refractivity contribution is 8.00. The van der Waals surface area contributed by atoms with Crippen LogP contribution in [0.1, 0.15) is 20.3 Å². The molecule has 76 valence electrons. The highest BCUT2D eigenvalue weighted by atomic mass is 32.2. The van der Waals surface area contributed by atoms with Crippen LogP contribution in [0.25, 0.3) is 0 Å². The lowest BCUT2D eigenvalue weighted by molar-refractivity contribution is -0.131. The largest absolute Gasteiger partial charge is 0.340 e. The number of amides is 1. The summed E-state index contributed by atoms with van der Waals surface area (Å²) in [6, 6.07) is 0. The molecule has 0 aliphatic carbocycles. The zero-order valence-corrected chi connectivity index (χ0v) is 9.14. The van der Waals surface area contributed by atoms with Gasteiger partial charge in [0.2, 0.25) is 5.91 Å². The van der Waals surface area contributed by atoms with Gasteiger partial charge in [-0.1, -0.05) is 13.8 Å². The first-order valence-electron chi connectivity index (χ1n) is 4.76. The van der Waals surface area contributed by atoms with Crippen molar-refractivity contribution in [3.05, 3.63) is 0 Å². The summed E-state index contributed by atoms with van der Waals surface area (Å²) >= 11 is 1.96. The van der Waals surface area contributed by atoms with Gasteiger partial charge in [-0.15, -0.1) is 0 Å². The van der Waals surface area contributed by atoms with Crippen molar-refractivity contribution in [3.63, 3.8) is 0 Å². The van der Waals surface area contributed by atoms with Crippen LogP contribution in [0.3, 0.4) is 0 Å². The predicted molar refractivity (Wildman–Crippen MR) is 56.8 cm³/mol. The van der Waals surface area contributed by atoms with E-state index in [4.69, 9.17) is 5.73 Å². The van der Waals surface area contributed by atoms with E-state index in [1.54, 1.807) is 0 Å². The molecule has 1 aliphatic rings. The summed E-state index contributed by atoms with van der Waals surface area (Å²) in [7, 11) is 0. The van der Waals surface area contributed by atoms with Gasteiger partial charge in [0.15, 0.2) is 0 Å². The van der Waals surface area contributed by atoms with Crippen molar-refractivity contribution < 1.29 is 4.79 Å². The molecule has 1 rings (SSSR count). The Morgan fingerprint density at radius 2 is 2.00 bits per heavy atom. The lowest BCUT2D eigenvalue weighted by Gasteiger charge is -2.34. The molecule has 1 saturated heterocycles. The minimum absolute atomic E-state index is 0.210. The van der Waals surface area contributed by atoms with Crippen LogP contribution in [-0.4, -0.2) is 40.9 Å². The molecule has 1 heterocycles. The molecule has 2 unspecified atom stereocenters. The topological polar surface area (TPSA) is 46.3 Å². The third-order valence-electron chi connectivity index (χ3n) is 2.13. The predicted octanol–water partition coefficient (Wildman–Crippen LogP) is 0.688. The van der Waals surface area contributed by atoms with Crippen molar-refractivity contribution in [2.24, 2.45) is 5.73 Å². The molecule has 1 fully saturated rings. The van der Waals surface area contributed by atoms with Crippen molar-refractivity contribution in [1.29, 1.82) is 0 Å². The molecular weight excluding hydrogens is 184 g/mol. The molecule has 0 aromatic carbocycles. The lowest BCUT2D eigenvalue weighted by Crippen LogP contribution is -2.44. The van der Waals surface area contributed by atoms with E-state index >= 15 is 0 Å². The first kappa shape index (κ1) is 10.9. The van der Waals surface area contributed by atoms with Crippen molar-refractivity contribution >= 4 is 17.7 Å². The van der Waals surface area contributed by atoms with E-state index in [2.05, 4.69) is 13.8 Å². The molecule has 3 nitrogen and oxygen atoms in total. The van der Waals surface area contributed by atoms with Crippen LogP contribution in [-0.2, 0) is 4.79 Å². The van der Waals surface area contributed by atoms with Gasteiger partial charge in [-0.05, 0) is 0 Å². The second kappa shape index (κ2) is 4.86. The molecule has 0 radical (unpaired) electrons. The molecule has 13 heavy (non-hydrogen) atoms. The monoisotopic (exact) mass is 202 g/mol. The third-order valence-corrected chi connectivity index (χ3v) is 3.36. The molecule has 0 saturated carbocycles. The molecule has 4 heteroatoms. The van der Waals surface area contributed by atoms with Gasteiger partial charge in [-0.25, -0.2) is 0 Å². The van der Waals surface area contributed by atoms with Gasteiger partial charge in [0.05, 0.1) is 0 Å². The highest BCUT2D eigenvalue weighted by Crippen LogP contribution is 2.24. The quantitative estimate of drug-likeness (QED) is 0.716. The maximum atomic E-state index is 11.5. The minimum Gasteiger partial charge on any atom is -0.340 e. The third kappa shape index (κ3) is 3.19. The van der Waals surface area contributed by atoms with Crippen molar-refractivity contribution in [1.82, 2.24) is 4.90 Å². The second-order valence-corrected chi connectivity index (χ2v) is 5.48. The Balaban J connectivity index is 2.45. The van der Waals surface area contributed by atoms with Gasteiger partial charge in [-0.2, -0.15) is 11.8 Å². The Morgan fingerprint density at radius 1 is 1.46 bits per heavy atom. The summed E-state index contributed by atoms with van der Waals surface area (Å²) in [6.45, 7) is 6.57.